The van der Waals surface area contributed by atoms with E-state index in [-0.39, 0.29) is 24.1 Å². The van der Waals surface area contributed by atoms with Crippen LogP contribution in [0.1, 0.15) is 18.9 Å². The highest BCUT2D eigenvalue weighted by Gasteiger charge is 2.35. The van der Waals surface area contributed by atoms with E-state index >= 15 is 0 Å². The SMILES string of the molecule is CC(=O)Nc1cccc(NC(=O)[C@@H]2CC(=O)N(c3ccccc3C)C2)c1. The molecule has 0 aromatic heterocycles. The summed E-state index contributed by atoms with van der Waals surface area (Å²) in [6.07, 6.45) is 0.186. The summed E-state index contributed by atoms with van der Waals surface area (Å²) in [7, 11) is 0. The van der Waals surface area contributed by atoms with Crippen molar-refractivity contribution in [1.82, 2.24) is 0 Å². The number of hydrogen-bond donors (Lipinski definition) is 2. The first-order valence-electron chi connectivity index (χ1n) is 8.48. The predicted octanol–water partition coefficient (Wildman–Crippen LogP) is 2.95. The van der Waals surface area contributed by atoms with Crippen molar-refractivity contribution >= 4 is 34.8 Å². The number of anilines is 3. The van der Waals surface area contributed by atoms with Crippen molar-refractivity contribution in [3.05, 3.63) is 54.1 Å². The zero-order chi connectivity index (χ0) is 18.7. The Bertz CT molecular complexity index is 863. The topological polar surface area (TPSA) is 78.5 Å². The Morgan fingerprint density at radius 1 is 1.04 bits per heavy atom. The van der Waals surface area contributed by atoms with Gasteiger partial charge in [-0.15, -0.1) is 0 Å². The van der Waals surface area contributed by atoms with E-state index in [0.29, 0.717) is 17.9 Å². The van der Waals surface area contributed by atoms with Gasteiger partial charge in [0.05, 0.1) is 5.92 Å². The van der Waals surface area contributed by atoms with Gasteiger partial charge in [-0.3, -0.25) is 14.4 Å². The minimum absolute atomic E-state index is 0.0496. The number of aryl methyl sites for hydroxylation is 1. The fraction of sp³-hybridized carbons (Fsp3) is 0.250. The number of nitrogens with one attached hydrogen (secondary N) is 2. The number of hydrogen-bond acceptors (Lipinski definition) is 3. The summed E-state index contributed by atoms with van der Waals surface area (Å²) in [4.78, 5) is 37.8. The van der Waals surface area contributed by atoms with Crippen LogP contribution in [0.5, 0.6) is 0 Å². The third-order valence-corrected chi connectivity index (χ3v) is 4.35. The summed E-state index contributed by atoms with van der Waals surface area (Å²) in [5.74, 6) is -0.837. The first-order chi connectivity index (χ1) is 12.4. The van der Waals surface area contributed by atoms with Crippen molar-refractivity contribution in [2.24, 2.45) is 5.92 Å². The van der Waals surface area contributed by atoms with Crippen molar-refractivity contribution < 1.29 is 14.4 Å². The van der Waals surface area contributed by atoms with E-state index in [9.17, 15) is 14.4 Å². The van der Waals surface area contributed by atoms with Gasteiger partial charge in [0, 0.05) is 37.0 Å². The Hall–Kier alpha value is -3.15. The first kappa shape index (κ1) is 17.7. The maximum Gasteiger partial charge on any atom is 0.229 e. The van der Waals surface area contributed by atoms with Crippen LogP contribution < -0.4 is 15.5 Å². The smallest absolute Gasteiger partial charge is 0.229 e. The van der Waals surface area contributed by atoms with Crippen LogP contribution in [0.15, 0.2) is 48.5 Å². The van der Waals surface area contributed by atoms with Crippen LogP contribution in [0.3, 0.4) is 0 Å². The van der Waals surface area contributed by atoms with Gasteiger partial charge < -0.3 is 15.5 Å². The highest BCUT2D eigenvalue weighted by Crippen LogP contribution is 2.28. The second-order valence-electron chi connectivity index (χ2n) is 6.44. The van der Waals surface area contributed by atoms with Crippen LogP contribution in [0, 0.1) is 12.8 Å². The number of rotatable bonds is 4. The minimum Gasteiger partial charge on any atom is -0.326 e. The second-order valence-corrected chi connectivity index (χ2v) is 6.44. The largest absolute Gasteiger partial charge is 0.326 e. The molecule has 26 heavy (non-hydrogen) atoms. The molecule has 1 aliphatic heterocycles. The molecule has 3 rings (SSSR count). The molecule has 0 radical (unpaired) electrons. The molecule has 1 saturated heterocycles. The van der Waals surface area contributed by atoms with Crippen LogP contribution in [0.25, 0.3) is 0 Å². The molecule has 2 N–H and O–H groups in total. The molecule has 0 spiro atoms. The lowest BCUT2D eigenvalue weighted by Gasteiger charge is -2.19. The molecule has 1 fully saturated rings. The Balaban J connectivity index is 1.69. The highest BCUT2D eigenvalue weighted by atomic mass is 16.2. The lowest BCUT2D eigenvalue weighted by Crippen LogP contribution is -2.28. The molecule has 1 atom stereocenters. The van der Waals surface area contributed by atoms with E-state index in [2.05, 4.69) is 10.6 Å². The zero-order valence-corrected chi connectivity index (χ0v) is 14.8. The summed E-state index contributed by atoms with van der Waals surface area (Å²) >= 11 is 0. The molecule has 0 aliphatic carbocycles. The van der Waals surface area contributed by atoms with Crippen molar-refractivity contribution in [3.8, 4) is 0 Å². The number of amides is 3. The lowest BCUT2D eigenvalue weighted by atomic mass is 10.1. The van der Waals surface area contributed by atoms with Gasteiger partial charge in [-0.05, 0) is 36.8 Å². The summed E-state index contributed by atoms with van der Waals surface area (Å²) < 4.78 is 0. The number of carbonyl (C=O) groups excluding carboxylic acids is 3. The summed E-state index contributed by atoms with van der Waals surface area (Å²) in [6, 6.07) is 14.6. The van der Waals surface area contributed by atoms with Crippen LogP contribution in [0.4, 0.5) is 17.1 Å². The molecule has 0 saturated carbocycles. The average molecular weight is 351 g/mol. The fourth-order valence-corrected chi connectivity index (χ4v) is 3.10. The van der Waals surface area contributed by atoms with Gasteiger partial charge in [0.15, 0.2) is 0 Å². The number of nitrogens with zero attached hydrogens (tertiary/aromatic N) is 1. The maximum absolute atomic E-state index is 12.6. The van der Waals surface area contributed by atoms with Crippen LogP contribution in [0.2, 0.25) is 0 Å². The van der Waals surface area contributed by atoms with Gasteiger partial charge in [-0.25, -0.2) is 0 Å². The third-order valence-electron chi connectivity index (χ3n) is 4.35. The van der Waals surface area contributed by atoms with E-state index in [0.717, 1.165) is 11.3 Å². The van der Waals surface area contributed by atoms with Crippen molar-refractivity contribution in [2.45, 2.75) is 20.3 Å². The number of benzene rings is 2. The lowest BCUT2D eigenvalue weighted by molar-refractivity contribution is -0.122. The zero-order valence-electron chi connectivity index (χ0n) is 14.8. The summed E-state index contributed by atoms with van der Waals surface area (Å²) in [6.45, 7) is 3.74. The predicted molar refractivity (Wildman–Crippen MR) is 101 cm³/mol. The van der Waals surface area contributed by atoms with Crippen molar-refractivity contribution in [2.75, 3.05) is 22.1 Å². The van der Waals surface area contributed by atoms with E-state index < -0.39 is 5.92 Å². The standard InChI is InChI=1S/C20H21N3O3/c1-13-6-3-4-9-18(13)23-12-15(10-19(23)25)20(26)22-17-8-5-7-16(11-17)21-14(2)24/h3-9,11,15H,10,12H2,1-2H3,(H,21,24)(H,22,26)/t15-/m1/s1. The van der Waals surface area contributed by atoms with Gasteiger partial charge in [0.2, 0.25) is 17.7 Å². The molecule has 134 valence electrons. The average Bonchev–Trinajstić information content (AvgIpc) is 2.97. The van der Waals surface area contributed by atoms with Gasteiger partial charge in [-0.1, -0.05) is 24.3 Å². The number of carbonyl (C=O) groups is 3. The van der Waals surface area contributed by atoms with Gasteiger partial charge >= 0.3 is 0 Å². The Morgan fingerprint density at radius 3 is 2.42 bits per heavy atom. The van der Waals surface area contributed by atoms with Gasteiger partial charge in [0.25, 0.3) is 0 Å². The minimum atomic E-state index is -0.411. The molecule has 6 heteroatoms. The quantitative estimate of drug-likeness (QED) is 0.889. The first-order valence-corrected chi connectivity index (χ1v) is 8.48. The molecule has 2 aromatic rings. The normalized spacial score (nSPS) is 16.5. The fourth-order valence-electron chi connectivity index (χ4n) is 3.10. The molecule has 2 aromatic carbocycles. The van der Waals surface area contributed by atoms with Crippen molar-refractivity contribution in [3.63, 3.8) is 0 Å². The molecular weight excluding hydrogens is 330 g/mol. The molecule has 3 amide bonds. The van der Waals surface area contributed by atoms with Gasteiger partial charge in [-0.2, -0.15) is 0 Å². The van der Waals surface area contributed by atoms with E-state index in [4.69, 9.17) is 0 Å². The van der Waals surface area contributed by atoms with E-state index in [1.165, 1.54) is 6.92 Å². The van der Waals surface area contributed by atoms with E-state index in [1.807, 2.05) is 31.2 Å². The molecule has 6 nitrogen and oxygen atoms in total. The monoisotopic (exact) mass is 351 g/mol. The molecule has 1 aliphatic rings. The molecule has 0 bridgehead atoms. The van der Waals surface area contributed by atoms with Gasteiger partial charge in [0.1, 0.15) is 0 Å². The van der Waals surface area contributed by atoms with Crippen LogP contribution in [-0.4, -0.2) is 24.3 Å². The Labute approximate surface area is 152 Å². The third kappa shape index (κ3) is 3.91. The Kier molecular flexibility index (Phi) is 5.02. The van der Waals surface area contributed by atoms with Crippen LogP contribution in [-0.2, 0) is 14.4 Å². The highest BCUT2D eigenvalue weighted by molar-refractivity contribution is 6.04. The summed E-state index contributed by atoms with van der Waals surface area (Å²) in [5.41, 5.74) is 3.05. The van der Waals surface area contributed by atoms with E-state index in [1.54, 1.807) is 29.2 Å². The maximum atomic E-state index is 12.6. The molecular formula is C20H21N3O3. The summed E-state index contributed by atoms with van der Waals surface area (Å²) in [5, 5.41) is 5.51. The molecule has 1 heterocycles. The Morgan fingerprint density at radius 2 is 1.73 bits per heavy atom. The van der Waals surface area contributed by atoms with Crippen LogP contribution >= 0.6 is 0 Å². The number of para-hydroxylation sites is 1. The molecule has 0 unspecified atom stereocenters. The van der Waals surface area contributed by atoms with Crippen molar-refractivity contribution in [1.29, 1.82) is 0 Å². The second kappa shape index (κ2) is 7.39.